The third-order valence-corrected chi connectivity index (χ3v) is 3.97. The van der Waals surface area contributed by atoms with Crippen molar-refractivity contribution in [2.24, 2.45) is 5.84 Å². The van der Waals surface area contributed by atoms with E-state index in [1.807, 2.05) is 7.05 Å². The number of aryl methyl sites for hydroxylation is 1. The minimum Gasteiger partial charge on any atom is -0.383 e. The summed E-state index contributed by atoms with van der Waals surface area (Å²) in [7, 11) is 3.69. The van der Waals surface area contributed by atoms with Crippen LogP contribution in [0.5, 0.6) is 0 Å². The zero-order chi connectivity index (χ0) is 14.0. The van der Waals surface area contributed by atoms with Gasteiger partial charge in [0, 0.05) is 19.0 Å². The molecule has 2 aromatic rings. The molecule has 3 N–H and O–H groups in total. The Morgan fingerprint density at radius 3 is 2.89 bits per heavy atom. The maximum atomic E-state index is 5.44. The van der Waals surface area contributed by atoms with Gasteiger partial charge in [-0.15, -0.1) is 11.3 Å². The third-order valence-electron chi connectivity index (χ3n) is 3.03. The van der Waals surface area contributed by atoms with Gasteiger partial charge >= 0.3 is 0 Å². The number of rotatable bonds is 5. The highest BCUT2D eigenvalue weighted by molar-refractivity contribution is 7.18. The van der Waals surface area contributed by atoms with Crippen LogP contribution in [0.2, 0.25) is 0 Å². The number of hydrogen-bond acceptors (Lipinski definition) is 7. The van der Waals surface area contributed by atoms with E-state index in [2.05, 4.69) is 40.2 Å². The zero-order valence-corrected chi connectivity index (χ0v) is 12.4. The molecule has 19 heavy (non-hydrogen) atoms. The quantitative estimate of drug-likeness (QED) is 0.642. The summed E-state index contributed by atoms with van der Waals surface area (Å²) in [4.78, 5) is 13.1. The van der Waals surface area contributed by atoms with Crippen molar-refractivity contribution < 1.29 is 4.74 Å². The molecule has 0 aliphatic heterocycles. The Morgan fingerprint density at radius 2 is 2.26 bits per heavy atom. The first-order chi connectivity index (χ1) is 9.06. The summed E-state index contributed by atoms with van der Waals surface area (Å²) in [5, 5.41) is 1.05. The van der Waals surface area contributed by atoms with Crippen LogP contribution in [0.1, 0.15) is 11.8 Å². The lowest BCUT2D eigenvalue weighted by molar-refractivity contribution is 0.183. The maximum absolute atomic E-state index is 5.44. The van der Waals surface area contributed by atoms with Crippen molar-refractivity contribution in [2.45, 2.75) is 19.9 Å². The Labute approximate surface area is 116 Å². The molecular weight excluding hydrogens is 262 g/mol. The zero-order valence-electron chi connectivity index (χ0n) is 11.6. The van der Waals surface area contributed by atoms with E-state index >= 15 is 0 Å². The number of hydrazine groups is 1. The van der Waals surface area contributed by atoms with Crippen molar-refractivity contribution in [3.8, 4) is 0 Å². The predicted molar refractivity (Wildman–Crippen MR) is 79.7 cm³/mol. The van der Waals surface area contributed by atoms with Crippen LogP contribution < -0.4 is 16.2 Å². The second kappa shape index (κ2) is 5.68. The smallest absolute Gasteiger partial charge is 0.240 e. The Morgan fingerprint density at radius 1 is 1.53 bits per heavy atom. The molecule has 1 unspecified atom stereocenters. The van der Waals surface area contributed by atoms with Crippen LogP contribution in [0.4, 0.5) is 11.8 Å². The molecule has 104 valence electrons. The molecule has 2 heterocycles. The van der Waals surface area contributed by atoms with Gasteiger partial charge in [-0.25, -0.2) is 10.8 Å². The minimum atomic E-state index is 0.217. The van der Waals surface area contributed by atoms with Crippen molar-refractivity contribution >= 4 is 33.3 Å². The Hall–Kier alpha value is -1.44. The lowest BCUT2D eigenvalue weighted by Crippen LogP contribution is -2.33. The van der Waals surface area contributed by atoms with E-state index in [0.29, 0.717) is 12.6 Å². The van der Waals surface area contributed by atoms with Crippen LogP contribution in [0, 0.1) is 6.92 Å². The first-order valence-corrected chi connectivity index (χ1v) is 6.85. The number of nitrogens with two attached hydrogens (primary N) is 1. The number of likely N-dealkylation sites (N-methyl/N-ethyl adjacent to an activating group) is 1. The Bertz CT molecular complexity index is 570. The molecule has 2 rings (SSSR count). The van der Waals surface area contributed by atoms with Gasteiger partial charge in [-0.1, -0.05) is 0 Å². The molecule has 0 amide bonds. The van der Waals surface area contributed by atoms with Crippen molar-refractivity contribution in [1.82, 2.24) is 9.97 Å². The Balaban J connectivity index is 2.50. The normalized spacial score (nSPS) is 12.7. The average molecular weight is 281 g/mol. The summed E-state index contributed by atoms with van der Waals surface area (Å²) in [6.07, 6.45) is 0. The van der Waals surface area contributed by atoms with Crippen molar-refractivity contribution in [1.29, 1.82) is 0 Å². The van der Waals surface area contributed by atoms with Crippen LogP contribution in [0.3, 0.4) is 0 Å². The highest BCUT2D eigenvalue weighted by Gasteiger charge is 2.17. The fourth-order valence-electron chi connectivity index (χ4n) is 1.92. The van der Waals surface area contributed by atoms with Crippen LogP contribution >= 0.6 is 11.3 Å². The second-order valence-corrected chi connectivity index (χ2v) is 5.74. The second-order valence-electron chi connectivity index (χ2n) is 4.51. The van der Waals surface area contributed by atoms with Gasteiger partial charge in [0.25, 0.3) is 0 Å². The van der Waals surface area contributed by atoms with Crippen LogP contribution in [0.25, 0.3) is 10.2 Å². The number of nitrogen functional groups attached to an aromatic ring is 1. The molecule has 0 aromatic carbocycles. The number of methoxy groups -OCH3 is 1. The number of fused-ring (bicyclic) bond motifs is 1. The van der Waals surface area contributed by atoms with Gasteiger partial charge in [0.15, 0.2) is 0 Å². The molecule has 7 heteroatoms. The lowest BCUT2D eigenvalue weighted by Gasteiger charge is -2.26. The molecule has 2 aromatic heterocycles. The molecule has 6 nitrogen and oxygen atoms in total. The van der Waals surface area contributed by atoms with E-state index in [1.54, 1.807) is 18.4 Å². The summed E-state index contributed by atoms with van der Waals surface area (Å²) in [5.74, 6) is 6.74. The topological polar surface area (TPSA) is 76.3 Å². The van der Waals surface area contributed by atoms with E-state index in [1.165, 1.54) is 4.88 Å². The largest absolute Gasteiger partial charge is 0.383 e. The van der Waals surface area contributed by atoms with E-state index < -0.39 is 0 Å². The summed E-state index contributed by atoms with van der Waals surface area (Å²) < 4.78 is 5.20. The molecule has 0 saturated carbocycles. The van der Waals surface area contributed by atoms with E-state index in [-0.39, 0.29) is 6.04 Å². The number of anilines is 2. The number of nitrogens with one attached hydrogen (secondary N) is 1. The summed E-state index contributed by atoms with van der Waals surface area (Å²) in [6, 6.07) is 2.32. The van der Waals surface area contributed by atoms with Gasteiger partial charge in [-0.3, -0.25) is 5.43 Å². The highest BCUT2D eigenvalue weighted by Crippen LogP contribution is 2.31. The molecule has 0 radical (unpaired) electrons. The van der Waals surface area contributed by atoms with Gasteiger partial charge in [0.05, 0.1) is 18.0 Å². The van der Waals surface area contributed by atoms with Gasteiger partial charge in [-0.05, 0) is 19.9 Å². The van der Waals surface area contributed by atoms with Crippen molar-refractivity contribution in [3.63, 3.8) is 0 Å². The Kier molecular flexibility index (Phi) is 4.18. The number of hydrogen-bond donors (Lipinski definition) is 2. The fourth-order valence-corrected chi connectivity index (χ4v) is 2.80. The van der Waals surface area contributed by atoms with Crippen LogP contribution in [0.15, 0.2) is 6.07 Å². The fraction of sp³-hybridized carbons (Fsp3) is 0.500. The molecule has 0 fully saturated rings. The maximum Gasteiger partial charge on any atom is 0.240 e. The number of thiophene rings is 1. The molecule has 0 aliphatic carbocycles. The SMILES string of the molecule is COCC(C)N(C)c1nc(NN)nc2sc(C)cc12. The molecule has 0 saturated heterocycles. The number of nitrogens with zero attached hydrogens (tertiary/aromatic N) is 3. The molecule has 1 atom stereocenters. The minimum absolute atomic E-state index is 0.217. The predicted octanol–water partition coefficient (Wildman–Crippen LogP) is 1.76. The van der Waals surface area contributed by atoms with E-state index in [0.717, 1.165) is 16.0 Å². The van der Waals surface area contributed by atoms with Gasteiger partial charge in [-0.2, -0.15) is 4.98 Å². The van der Waals surface area contributed by atoms with Crippen molar-refractivity contribution in [2.75, 3.05) is 31.1 Å². The summed E-state index contributed by atoms with van der Waals surface area (Å²) >= 11 is 1.63. The first kappa shape index (κ1) is 14.0. The van der Waals surface area contributed by atoms with Crippen molar-refractivity contribution in [3.05, 3.63) is 10.9 Å². The van der Waals surface area contributed by atoms with Crippen LogP contribution in [-0.2, 0) is 4.74 Å². The molecule has 0 bridgehead atoms. The monoisotopic (exact) mass is 281 g/mol. The number of ether oxygens (including phenoxy) is 1. The number of aromatic nitrogens is 2. The van der Waals surface area contributed by atoms with E-state index in [4.69, 9.17) is 10.6 Å². The summed E-state index contributed by atoms with van der Waals surface area (Å²) in [6.45, 7) is 4.78. The van der Waals surface area contributed by atoms with E-state index in [9.17, 15) is 0 Å². The first-order valence-electron chi connectivity index (χ1n) is 6.03. The molecule has 0 spiro atoms. The average Bonchev–Trinajstić information content (AvgIpc) is 2.76. The third kappa shape index (κ3) is 2.78. The van der Waals surface area contributed by atoms with Gasteiger partial charge in [0.1, 0.15) is 10.6 Å². The molecular formula is C12H19N5OS. The molecule has 0 aliphatic rings. The highest BCUT2D eigenvalue weighted by atomic mass is 32.1. The summed E-state index contributed by atoms with van der Waals surface area (Å²) in [5.41, 5.74) is 2.52. The van der Waals surface area contributed by atoms with Crippen LogP contribution in [-0.4, -0.2) is 36.8 Å². The standard InChI is InChI=1S/C12H19N5OS/c1-7(6-18-4)17(3)10-9-5-8(2)19-11(9)15-12(14-10)16-13/h5,7H,6,13H2,1-4H3,(H,14,15,16). The van der Waals surface area contributed by atoms with Gasteiger partial charge in [0.2, 0.25) is 5.95 Å². The van der Waals surface area contributed by atoms with Gasteiger partial charge < -0.3 is 9.64 Å². The lowest BCUT2D eigenvalue weighted by atomic mass is 10.2.